The lowest BCUT2D eigenvalue weighted by Gasteiger charge is -2.18. The van der Waals surface area contributed by atoms with Crippen LogP contribution >= 0.6 is 0 Å². The molecule has 0 aromatic heterocycles. The van der Waals surface area contributed by atoms with E-state index in [1.807, 2.05) is 45.4 Å². The molecule has 0 fully saturated rings. The Balaban J connectivity index is 2.28. The minimum atomic E-state index is 0.551. The molecule has 0 bridgehead atoms. The van der Waals surface area contributed by atoms with Crippen LogP contribution in [0, 0.1) is 6.92 Å². The van der Waals surface area contributed by atoms with Gasteiger partial charge in [0, 0.05) is 26.8 Å². The summed E-state index contributed by atoms with van der Waals surface area (Å²) in [4.78, 5) is 0. The number of rotatable bonds is 6. The second-order valence-corrected chi connectivity index (χ2v) is 4.87. The number of ether oxygens (including phenoxy) is 1. The molecule has 112 valence electrons. The zero-order valence-electron chi connectivity index (χ0n) is 13.1. The Morgan fingerprint density at radius 3 is 2.05 bits per heavy atom. The quantitative estimate of drug-likeness (QED) is 0.757. The van der Waals surface area contributed by atoms with Crippen molar-refractivity contribution in [3.05, 3.63) is 47.5 Å². The summed E-state index contributed by atoms with van der Waals surface area (Å²) in [5.74, 6) is 0.835. The molecule has 2 aromatic rings. The fourth-order valence-electron chi connectivity index (χ4n) is 2.22. The lowest BCUT2D eigenvalue weighted by Crippen LogP contribution is -2.05. The van der Waals surface area contributed by atoms with E-state index in [-0.39, 0.29) is 0 Å². The van der Waals surface area contributed by atoms with Gasteiger partial charge in [-0.1, -0.05) is 24.3 Å². The van der Waals surface area contributed by atoms with E-state index < -0.39 is 0 Å². The first-order chi connectivity index (χ1) is 10.2. The summed E-state index contributed by atoms with van der Waals surface area (Å²) in [7, 11) is 5.70. The van der Waals surface area contributed by atoms with Gasteiger partial charge in [-0.05, 0) is 30.2 Å². The highest BCUT2D eigenvalue weighted by Gasteiger charge is 2.11. The van der Waals surface area contributed by atoms with E-state index in [2.05, 4.69) is 35.0 Å². The molecule has 0 spiro atoms. The van der Waals surface area contributed by atoms with Gasteiger partial charge in [-0.3, -0.25) is 0 Å². The first kappa shape index (κ1) is 15.0. The Morgan fingerprint density at radius 2 is 1.52 bits per heavy atom. The van der Waals surface area contributed by atoms with Crippen molar-refractivity contribution >= 4 is 17.1 Å². The van der Waals surface area contributed by atoms with E-state index in [0.29, 0.717) is 6.61 Å². The summed E-state index contributed by atoms with van der Waals surface area (Å²) in [5, 5.41) is 9.53. The van der Waals surface area contributed by atoms with Crippen molar-refractivity contribution in [1.82, 2.24) is 0 Å². The third-order valence-electron chi connectivity index (χ3n) is 3.55. The van der Waals surface area contributed by atoms with Crippen LogP contribution in [0.25, 0.3) is 0 Å². The summed E-state index contributed by atoms with van der Waals surface area (Å²) < 4.78 is 6.06. The van der Waals surface area contributed by atoms with Gasteiger partial charge in [-0.25, -0.2) is 0 Å². The maximum atomic E-state index is 6.06. The van der Waals surface area contributed by atoms with Crippen molar-refractivity contribution in [3.8, 4) is 5.75 Å². The number of aryl methyl sites for hydroxylation is 1. The van der Waals surface area contributed by atoms with E-state index in [9.17, 15) is 0 Å². The van der Waals surface area contributed by atoms with Crippen molar-refractivity contribution in [1.29, 1.82) is 0 Å². The zero-order chi connectivity index (χ0) is 15.2. The number of nitrogens with one attached hydrogen (secondary N) is 3. The van der Waals surface area contributed by atoms with E-state index in [1.165, 1.54) is 11.1 Å². The first-order valence-electron chi connectivity index (χ1n) is 7.08. The molecular formula is C17H23N3O. The summed E-state index contributed by atoms with van der Waals surface area (Å²) >= 11 is 0. The lowest BCUT2D eigenvalue weighted by atomic mass is 10.1. The molecule has 4 nitrogen and oxygen atoms in total. The Kier molecular flexibility index (Phi) is 4.93. The fourth-order valence-corrected chi connectivity index (χ4v) is 2.22. The molecule has 2 rings (SSSR count). The normalized spacial score (nSPS) is 10.1. The predicted molar refractivity (Wildman–Crippen MR) is 90.6 cm³/mol. The number of benzene rings is 2. The molecule has 0 saturated heterocycles. The maximum Gasteiger partial charge on any atom is 0.166 e. The molecule has 0 aliphatic carbocycles. The van der Waals surface area contributed by atoms with E-state index in [0.717, 1.165) is 22.8 Å². The fraction of sp³-hybridized carbons (Fsp3) is 0.294. The molecule has 0 amide bonds. The van der Waals surface area contributed by atoms with Crippen molar-refractivity contribution in [2.75, 3.05) is 37.1 Å². The molecule has 4 heteroatoms. The molecule has 3 N–H and O–H groups in total. The Bertz CT molecular complexity index is 586. The molecule has 0 saturated carbocycles. The van der Waals surface area contributed by atoms with Crippen LogP contribution in [0.1, 0.15) is 11.1 Å². The van der Waals surface area contributed by atoms with Crippen molar-refractivity contribution in [3.63, 3.8) is 0 Å². The molecule has 0 aliphatic heterocycles. The average molecular weight is 285 g/mol. The summed E-state index contributed by atoms with van der Waals surface area (Å²) in [6, 6.07) is 12.3. The molecule has 2 aromatic carbocycles. The average Bonchev–Trinajstić information content (AvgIpc) is 2.53. The predicted octanol–water partition coefficient (Wildman–Crippen LogP) is 3.70. The van der Waals surface area contributed by atoms with Gasteiger partial charge >= 0.3 is 0 Å². The summed E-state index contributed by atoms with van der Waals surface area (Å²) in [6.07, 6.45) is 0. The molecule has 0 unspecified atom stereocenters. The third-order valence-corrected chi connectivity index (χ3v) is 3.55. The Hall–Kier alpha value is -2.36. The number of anilines is 3. The summed E-state index contributed by atoms with van der Waals surface area (Å²) in [6.45, 7) is 2.65. The van der Waals surface area contributed by atoms with Crippen LogP contribution in [-0.2, 0) is 6.61 Å². The monoisotopic (exact) mass is 285 g/mol. The molecule has 21 heavy (non-hydrogen) atoms. The highest BCUT2D eigenvalue weighted by atomic mass is 16.5. The van der Waals surface area contributed by atoms with Crippen molar-refractivity contribution in [2.45, 2.75) is 13.5 Å². The van der Waals surface area contributed by atoms with Crippen LogP contribution in [-0.4, -0.2) is 21.1 Å². The number of hydrogen-bond donors (Lipinski definition) is 3. The van der Waals surface area contributed by atoms with Crippen LogP contribution in [0.3, 0.4) is 0 Å². The van der Waals surface area contributed by atoms with Crippen LogP contribution < -0.4 is 20.7 Å². The van der Waals surface area contributed by atoms with Crippen LogP contribution in [0.15, 0.2) is 36.4 Å². The van der Waals surface area contributed by atoms with Crippen molar-refractivity contribution < 1.29 is 4.74 Å². The second kappa shape index (κ2) is 6.88. The summed E-state index contributed by atoms with van der Waals surface area (Å²) in [5.41, 5.74) is 5.38. The van der Waals surface area contributed by atoms with E-state index >= 15 is 0 Å². The molecular weight excluding hydrogens is 262 g/mol. The van der Waals surface area contributed by atoms with Crippen molar-refractivity contribution in [2.24, 2.45) is 0 Å². The molecule has 0 heterocycles. The highest BCUT2D eigenvalue weighted by Crippen LogP contribution is 2.37. The standard InChI is InChI=1S/C17H23N3O/c1-12-7-5-6-8-13(12)11-21-17-15(19-3)9-14(18-2)10-16(17)20-4/h5-10,18-20H,11H2,1-4H3. The first-order valence-corrected chi connectivity index (χ1v) is 7.08. The van der Waals surface area contributed by atoms with Gasteiger partial charge in [-0.15, -0.1) is 0 Å². The molecule has 0 atom stereocenters. The maximum absolute atomic E-state index is 6.06. The van der Waals surface area contributed by atoms with Gasteiger partial charge in [0.15, 0.2) is 5.75 Å². The Labute approximate surface area is 126 Å². The van der Waals surface area contributed by atoms with Crippen LogP contribution in [0.5, 0.6) is 5.75 Å². The SMILES string of the molecule is CNc1cc(NC)c(OCc2ccccc2C)c(NC)c1. The minimum absolute atomic E-state index is 0.551. The smallest absolute Gasteiger partial charge is 0.166 e. The van der Waals surface area contributed by atoms with Gasteiger partial charge in [-0.2, -0.15) is 0 Å². The van der Waals surface area contributed by atoms with Gasteiger partial charge in [0.2, 0.25) is 0 Å². The topological polar surface area (TPSA) is 45.3 Å². The molecule has 0 radical (unpaired) electrons. The largest absolute Gasteiger partial charge is 0.485 e. The van der Waals surface area contributed by atoms with Gasteiger partial charge in [0.05, 0.1) is 11.4 Å². The van der Waals surface area contributed by atoms with Gasteiger partial charge in [0.1, 0.15) is 6.61 Å². The van der Waals surface area contributed by atoms with Crippen LogP contribution in [0.2, 0.25) is 0 Å². The van der Waals surface area contributed by atoms with E-state index in [4.69, 9.17) is 4.74 Å². The second-order valence-electron chi connectivity index (χ2n) is 4.87. The zero-order valence-corrected chi connectivity index (χ0v) is 13.1. The molecule has 0 aliphatic rings. The third kappa shape index (κ3) is 3.40. The van der Waals surface area contributed by atoms with Gasteiger partial charge in [0.25, 0.3) is 0 Å². The lowest BCUT2D eigenvalue weighted by molar-refractivity contribution is 0.308. The van der Waals surface area contributed by atoms with E-state index in [1.54, 1.807) is 0 Å². The highest BCUT2D eigenvalue weighted by molar-refractivity contribution is 5.77. The van der Waals surface area contributed by atoms with Crippen LogP contribution in [0.4, 0.5) is 17.1 Å². The number of hydrogen-bond acceptors (Lipinski definition) is 4. The Morgan fingerprint density at radius 1 is 0.905 bits per heavy atom. The van der Waals surface area contributed by atoms with Gasteiger partial charge < -0.3 is 20.7 Å². The minimum Gasteiger partial charge on any atom is -0.485 e.